The van der Waals surface area contributed by atoms with Gasteiger partial charge in [-0.3, -0.25) is 9.69 Å². The lowest BCUT2D eigenvalue weighted by atomic mass is 9.81. The summed E-state index contributed by atoms with van der Waals surface area (Å²) in [6.45, 7) is 0. The van der Waals surface area contributed by atoms with Crippen LogP contribution in [0.1, 0.15) is 11.1 Å². The molecule has 1 aliphatic rings. The van der Waals surface area contributed by atoms with E-state index >= 15 is 0 Å². The van der Waals surface area contributed by atoms with Crippen molar-refractivity contribution < 1.29 is 37.7 Å². The molecular weight excluding hydrogens is 515 g/mol. The molecule has 36 heavy (non-hydrogen) atoms. The Hall–Kier alpha value is -3.74. The van der Waals surface area contributed by atoms with E-state index in [9.17, 15) is 33.0 Å². The van der Waals surface area contributed by atoms with Crippen LogP contribution in [0.15, 0.2) is 70.6 Å². The minimum absolute atomic E-state index is 0.0148. The molecule has 1 aliphatic heterocycles. The molecule has 5 nitrogen and oxygen atoms in total. The summed E-state index contributed by atoms with van der Waals surface area (Å²) in [7, 11) is -7.54. The van der Waals surface area contributed by atoms with Gasteiger partial charge in [0.15, 0.2) is 23.1 Å². The molecule has 1 amide bonds. The van der Waals surface area contributed by atoms with Gasteiger partial charge >= 0.3 is 10.2 Å². The van der Waals surface area contributed by atoms with Crippen LogP contribution in [-0.2, 0) is 10.3 Å². The third-order valence-corrected chi connectivity index (χ3v) is 6.97. The van der Waals surface area contributed by atoms with Gasteiger partial charge in [-0.15, -0.1) is 0 Å². The molecule has 0 aliphatic carbocycles. The third kappa shape index (κ3) is 4.02. The minimum atomic E-state index is -9.99. The summed E-state index contributed by atoms with van der Waals surface area (Å²) in [6, 6.07) is 9.02. The maximum absolute atomic E-state index is 14.9. The molecule has 3 aromatic carbocycles. The smallest absolute Gasteiger partial charge is 0.310 e. The van der Waals surface area contributed by atoms with E-state index in [-0.39, 0.29) is 40.5 Å². The molecule has 1 heterocycles. The fourth-order valence-corrected chi connectivity index (χ4v) is 4.64. The number of aliphatic imine (C=N–C) groups is 1. The minimum Gasteiger partial charge on any atom is -0.494 e. The topological polar surface area (TPSA) is 67.9 Å². The van der Waals surface area contributed by atoms with E-state index in [1.165, 1.54) is 38.4 Å². The lowest BCUT2D eigenvalue weighted by Crippen LogP contribution is -2.41. The van der Waals surface area contributed by atoms with Crippen molar-refractivity contribution in [2.24, 2.45) is 10.7 Å². The SMILES string of the molecule is COc1ccc(F)c(-c2cccc(C3(c4ccc(S(F)(F)(F)(F)F)cc4)N=C(N)N(C)C3=O)c2)c1F. The fraction of sp³-hybridized carbons (Fsp3) is 0.130. The second-order valence-corrected chi connectivity index (χ2v) is 10.5. The zero-order chi connectivity index (χ0) is 26.7. The lowest BCUT2D eigenvalue weighted by molar-refractivity contribution is -0.129. The molecular formula is C23H18F7N3O2S. The number of rotatable bonds is 5. The average molecular weight is 533 g/mol. The Morgan fingerprint density at radius 2 is 1.58 bits per heavy atom. The zero-order valence-electron chi connectivity index (χ0n) is 18.6. The molecule has 0 radical (unpaired) electrons. The summed E-state index contributed by atoms with van der Waals surface area (Å²) in [5.41, 5.74) is 2.96. The highest BCUT2D eigenvalue weighted by atomic mass is 32.5. The van der Waals surface area contributed by atoms with E-state index < -0.39 is 43.8 Å². The van der Waals surface area contributed by atoms with Gasteiger partial charge in [0.05, 0.1) is 12.7 Å². The number of ether oxygens (including phenoxy) is 1. The van der Waals surface area contributed by atoms with Crippen molar-refractivity contribution in [2.75, 3.05) is 14.2 Å². The number of nitrogens with two attached hydrogens (primary N) is 1. The summed E-state index contributed by atoms with van der Waals surface area (Å²) in [4.78, 5) is 16.3. The van der Waals surface area contributed by atoms with Gasteiger partial charge in [0.25, 0.3) is 5.91 Å². The highest BCUT2D eigenvalue weighted by Gasteiger charge is 2.65. The van der Waals surface area contributed by atoms with Crippen molar-refractivity contribution in [3.8, 4) is 16.9 Å². The number of amides is 1. The molecule has 0 saturated carbocycles. The summed E-state index contributed by atoms with van der Waals surface area (Å²) < 4.78 is 101. The van der Waals surface area contributed by atoms with Gasteiger partial charge < -0.3 is 10.5 Å². The largest absolute Gasteiger partial charge is 0.494 e. The molecule has 0 bridgehead atoms. The van der Waals surface area contributed by atoms with Gasteiger partial charge in [0.2, 0.25) is 0 Å². The molecule has 3 aromatic rings. The Morgan fingerprint density at radius 1 is 0.944 bits per heavy atom. The quantitative estimate of drug-likeness (QED) is 0.390. The van der Waals surface area contributed by atoms with Crippen molar-refractivity contribution in [3.63, 3.8) is 0 Å². The molecule has 0 saturated heterocycles. The zero-order valence-corrected chi connectivity index (χ0v) is 19.4. The normalized spacial score (nSPS) is 20.1. The highest BCUT2D eigenvalue weighted by molar-refractivity contribution is 8.45. The Balaban J connectivity index is 1.95. The van der Waals surface area contributed by atoms with Crippen LogP contribution in [0.2, 0.25) is 0 Å². The summed E-state index contributed by atoms with van der Waals surface area (Å²) in [6.07, 6.45) is 0. The predicted molar refractivity (Wildman–Crippen MR) is 121 cm³/mol. The van der Waals surface area contributed by atoms with E-state index in [1.807, 2.05) is 0 Å². The van der Waals surface area contributed by atoms with Crippen LogP contribution in [0.25, 0.3) is 11.1 Å². The number of halogens is 7. The van der Waals surface area contributed by atoms with E-state index in [0.717, 1.165) is 17.0 Å². The van der Waals surface area contributed by atoms with Gasteiger partial charge in [-0.2, -0.15) is 0 Å². The van der Waals surface area contributed by atoms with E-state index in [1.54, 1.807) is 0 Å². The van der Waals surface area contributed by atoms with E-state index in [2.05, 4.69) is 4.99 Å². The second-order valence-electron chi connectivity index (χ2n) is 8.06. The number of hydrogen-bond donors (Lipinski definition) is 1. The fourth-order valence-electron chi connectivity index (χ4n) is 3.99. The van der Waals surface area contributed by atoms with Crippen LogP contribution in [0, 0.1) is 11.6 Å². The van der Waals surface area contributed by atoms with Gasteiger partial charge in [-0.25, -0.2) is 13.8 Å². The monoisotopic (exact) mass is 533 g/mol. The number of carbonyl (C=O) groups excluding carboxylic acids is 1. The Bertz CT molecular complexity index is 1430. The first-order valence-corrected chi connectivity index (χ1v) is 12.1. The average Bonchev–Trinajstić information content (AvgIpc) is 3.03. The van der Waals surface area contributed by atoms with Crippen molar-refractivity contribution >= 4 is 22.1 Å². The number of carbonyl (C=O) groups is 1. The molecule has 0 spiro atoms. The number of methoxy groups -OCH3 is 1. The van der Waals surface area contributed by atoms with Crippen LogP contribution in [-0.4, -0.2) is 30.9 Å². The summed E-state index contributed by atoms with van der Waals surface area (Å²) >= 11 is 0. The van der Waals surface area contributed by atoms with Crippen LogP contribution < -0.4 is 10.5 Å². The van der Waals surface area contributed by atoms with Crippen LogP contribution in [0.4, 0.5) is 28.2 Å². The molecule has 192 valence electrons. The molecule has 4 rings (SSSR count). The van der Waals surface area contributed by atoms with Gasteiger partial charge in [0, 0.05) is 7.05 Å². The first-order valence-electron chi connectivity index (χ1n) is 10.1. The Labute approximate surface area is 200 Å². The van der Waals surface area contributed by atoms with E-state index in [4.69, 9.17) is 10.5 Å². The van der Waals surface area contributed by atoms with Crippen molar-refractivity contribution in [1.29, 1.82) is 0 Å². The van der Waals surface area contributed by atoms with Crippen LogP contribution in [0.5, 0.6) is 5.75 Å². The number of likely N-dealkylation sites (N-methyl/N-ethyl adjacent to an activating group) is 1. The number of guanidine groups is 1. The molecule has 2 N–H and O–H groups in total. The van der Waals surface area contributed by atoms with Crippen LogP contribution in [0.3, 0.4) is 0 Å². The maximum Gasteiger partial charge on any atom is 0.310 e. The van der Waals surface area contributed by atoms with Gasteiger partial charge in [-0.1, -0.05) is 49.8 Å². The first kappa shape index (κ1) is 25.4. The highest BCUT2D eigenvalue weighted by Crippen LogP contribution is 3.02. The molecule has 1 unspecified atom stereocenters. The summed E-state index contributed by atoms with van der Waals surface area (Å²) in [5.74, 6) is -3.35. The summed E-state index contributed by atoms with van der Waals surface area (Å²) in [5, 5.41) is 0. The van der Waals surface area contributed by atoms with Crippen molar-refractivity contribution in [1.82, 2.24) is 4.90 Å². The Morgan fingerprint density at radius 3 is 2.11 bits per heavy atom. The number of benzene rings is 3. The van der Waals surface area contributed by atoms with Gasteiger partial charge in [0.1, 0.15) is 10.7 Å². The molecule has 0 aromatic heterocycles. The molecule has 13 heteroatoms. The van der Waals surface area contributed by atoms with Crippen LogP contribution >= 0.6 is 10.2 Å². The molecule has 1 atom stereocenters. The third-order valence-electron chi connectivity index (χ3n) is 5.80. The lowest BCUT2D eigenvalue weighted by Gasteiger charge is -2.40. The first-order chi connectivity index (χ1) is 16.5. The van der Waals surface area contributed by atoms with Crippen molar-refractivity contribution in [2.45, 2.75) is 10.4 Å². The maximum atomic E-state index is 14.9. The van der Waals surface area contributed by atoms with Crippen molar-refractivity contribution in [3.05, 3.63) is 83.4 Å². The number of nitrogens with zero attached hydrogens (tertiary/aromatic N) is 2. The van der Waals surface area contributed by atoms with Gasteiger partial charge in [-0.05, 0) is 47.0 Å². The predicted octanol–water partition coefficient (Wildman–Crippen LogP) is 6.33. The Kier molecular flexibility index (Phi) is 5.20. The standard InChI is InChI=1S/C23H18F7N3O2S/c1-33-21(34)23(32-22(33)31,14-6-8-16(9-7-14)36(26,27,28,29)30)15-5-3-4-13(12-15)19-17(24)10-11-18(35-2)20(19)25/h3-12H,1-2H3,(H2,31,32). The molecule has 0 fully saturated rings. The number of hydrogen-bond acceptors (Lipinski definition) is 4. The second kappa shape index (κ2) is 7.38. The van der Waals surface area contributed by atoms with E-state index in [0.29, 0.717) is 12.1 Å².